The van der Waals surface area contributed by atoms with Crippen LogP contribution in [-0.4, -0.2) is 18.5 Å². The Morgan fingerprint density at radius 2 is 1.75 bits per heavy atom. The van der Waals surface area contributed by atoms with Gasteiger partial charge in [0.1, 0.15) is 0 Å². The second-order valence-electron chi connectivity index (χ2n) is 4.90. The summed E-state index contributed by atoms with van der Waals surface area (Å²) in [6, 6.07) is 0. The van der Waals surface area contributed by atoms with E-state index in [9.17, 15) is 13.6 Å². The molecule has 0 rings (SSSR count). The number of hydrogen-bond donors (Lipinski definition) is 0. The first-order valence-corrected chi connectivity index (χ1v) is 5.74. The average molecular weight is 236 g/mol. The van der Waals surface area contributed by atoms with Crippen molar-refractivity contribution < 1.29 is 18.3 Å². The summed E-state index contributed by atoms with van der Waals surface area (Å²) >= 11 is 0. The summed E-state index contributed by atoms with van der Waals surface area (Å²) in [6.45, 7) is 6.68. The Balaban J connectivity index is 3.64. The third-order valence-corrected chi connectivity index (χ3v) is 2.68. The second kappa shape index (κ2) is 6.16. The van der Waals surface area contributed by atoms with Gasteiger partial charge in [-0.3, -0.25) is 4.79 Å². The highest BCUT2D eigenvalue weighted by Crippen LogP contribution is 2.22. The molecule has 2 nitrogen and oxygen atoms in total. The number of esters is 1. The lowest BCUT2D eigenvalue weighted by atomic mass is 9.91. The number of rotatable bonds is 7. The molecule has 96 valence electrons. The Bertz CT molecular complexity index is 220. The Morgan fingerprint density at radius 3 is 2.19 bits per heavy atom. The van der Waals surface area contributed by atoms with Gasteiger partial charge in [-0.25, -0.2) is 8.78 Å². The summed E-state index contributed by atoms with van der Waals surface area (Å²) in [7, 11) is 0. The van der Waals surface area contributed by atoms with Gasteiger partial charge in [0, 0.05) is 6.42 Å². The average Bonchev–Trinajstić information content (AvgIpc) is 2.15. The molecule has 0 radical (unpaired) electrons. The predicted octanol–water partition coefficient (Wildman–Crippen LogP) is 3.79. The van der Waals surface area contributed by atoms with Crippen LogP contribution in [0, 0.1) is 5.41 Å². The van der Waals surface area contributed by atoms with Crippen molar-refractivity contribution in [1.29, 1.82) is 0 Å². The van der Waals surface area contributed by atoms with E-state index in [1.54, 1.807) is 0 Å². The van der Waals surface area contributed by atoms with Crippen molar-refractivity contribution in [3.05, 3.63) is 0 Å². The molecule has 0 unspecified atom stereocenters. The highest BCUT2D eigenvalue weighted by atomic mass is 19.3. The lowest BCUT2D eigenvalue weighted by molar-refractivity contribution is -0.154. The van der Waals surface area contributed by atoms with E-state index >= 15 is 0 Å². The molecule has 0 N–H and O–H groups in total. The van der Waals surface area contributed by atoms with Crippen LogP contribution in [0.2, 0.25) is 0 Å². The molecule has 0 amide bonds. The summed E-state index contributed by atoms with van der Waals surface area (Å²) in [4.78, 5) is 11.5. The van der Waals surface area contributed by atoms with Gasteiger partial charge in [0.25, 0.3) is 0 Å². The van der Waals surface area contributed by atoms with Crippen LogP contribution >= 0.6 is 0 Å². The van der Waals surface area contributed by atoms with Crippen LogP contribution in [-0.2, 0) is 9.53 Å². The monoisotopic (exact) mass is 236 g/mol. The van der Waals surface area contributed by atoms with Gasteiger partial charge in [-0.05, 0) is 40.0 Å². The molecule has 0 heterocycles. The first-order chi connectivity index (χ1) is 7.19. The molecule has 0 spiro atoms. The van der Waals surface area contributed by atoms with Gasteiger partial charge in [-0.15, -0.1) is 0 Å². The number of carbonyl (C=O) groups is 1. The maximum absolute atomic E-state index is 12.4. The largest absolute Gasteiger partial charge is 0.465 e. The molecule has 0 aliphatic rings. The first kappa shape index (κ1) is 15.3. The molecule has 0 atom stereocenters. The molecule has 0 aliphatic carbocycles. The van der Waals surface area contributed by atoms with Crippen LogP contribution in [0.15, 0.2) is 0 Å². The van der Waals surface area contributed by atoms with Crippen molar-refractivity contribution in [3.63, 3.8) is 0 Å². The fraction of sp³-hybridized carbons (Fsp3) is 0.917. The van der Waals surface area contributed by atoms with Crippen LogP contribution in [0.3, 0.4) is 0 Å². The van der Waals surface area contributed by atoms with Crippen molar-refractivity contribution in [2.24, 2.45) is 5.41 Å². The minimum Gasteiger partial charge on any atom is -0.465 e. The number of carbonyl (C=O) groups excluding carboxylic acids is 1. The highest BCUT2D eigenvalue weighted by molar-refractivity contribution is 5.75. The van der Waals surface area contributed by atoms with Gasteiger partial charge in [0.2, 0.25) is 5.92 Å². The van der Waals surface area contributed by atoms with E-state index in [1.807, 2.05) is 20.8 Å². The van der Waals surface area contributed by atoms with Gasteiger partial charge in [-0.2, -0.15) is 0 Å². The summed E-state index contributed by atoms with van der Waals surface area (Å²) < 4.78 is 29.9. The van der Waals surface area contributed by atoms with Crippen molar-refractivity contribution in [1.82, 2.24) is 0 Å². The highest BCUT2D eigenvalue weighted by Gasteiger charge is 2.27. The predicted molar refractivity (Wildman–Crippen MR) is 59.5 cm³/mol. The third-order valence-electron chi connectivity index (χ3n) is 2.68. The SMILES string of the molecule is CCC(C)(C)C(=O)OCCCCC(C)(F)F. The standard InChI is InChI=1S/C12H22F2O2/c1-5-11(2,3)10(15)16-9-7-6-8-12(4,13)14/h5-9H2,1-4H3. The quantitative estimate of drug-likeness (QED) is 0.496. The van der Waals surface area contributed by atoms with Crippen LogP contribution in [0.25, 0.3) is 0 Å². The molecular weight excluding hydrogens is 214 g/mol. The minimum absolute atomic E-state index is 0.151. The Hall–Kier alpha value is -0.670. The maximum Gasteiger partial charge on any atom is 0.311 e. The molecule has 0 fully saturated rings. The molecule has 0 aromatic heterocycles. The summed E-state index contributed by atoms with van der Waals surface area (Å²) in [5.41, 5.74) is -0.477. The lowest BCUT2D eigenvalue weighted by Gasteiger charge is -2.20. The molecule has 0 aliphatic heterocycles. The molecule has 0 saturated carbocycles. The van der Waals surface area contributed by atoms with Crippen molar-refractivity contribution in [2.45, 2.75) is 59.3 Å². The van der Waals surface area contributed by atoms with E-state index in [0.29, 0.717) is 19.3 Å². The Labute approximate surface area is 96.4 Å². The lowest BCUT2D eigenvalue weighted by Crippen LogP contribution is -2.26. The third kappa shape index (κ3) is 6.75. The van der Waals surface area contributed by atoms with Gasteiger partial charge >= 0.3 is 5.97 Å². The normalized spacial score (nSPS) is 12.6. The molecule has 0 aromatic rings. The van der Waals surface area contributed by atoms with Crippen molar-refractivity contribution >= 4 is 5.97 Å². The fourth-order valence-electron chi connectivity index (χ4n) is 1.04. The van der Waals surface area contributed by atoms with Crippen molar-refractivity contribution in [2.75, 3.05) is 6.61 Å². The van der Waals surface area contributed by atoms with Crippen LogP contribution in [0.5, 0.6) is 0 Å². The summed E-state index contributed by atoms with van der Waals surface area (Å²) in [5, 5.41) is 0. The zero-order chi connectivity index (χ0) is 12.8. The summed E-state index contributed by atoms with van der Waals surface area (Å²) in [6.07, 6.45) is 1.43. The number of alkyl halides is 2. The van der Waals surface area contributed by atoms with Gasteiger partial charge in [0.05, 0.1) is 12.0 Å². The fourth-order valence-corrected chi connectivity index (χ4v) is 1.04. The molecule has 4 heteroatoms. The number of hydrogen-bond acceptors (Lipinski definition) is 2. The number of halogens is 2. The second-order valence-corrected chi connectivity index (χ2v) is 4.90. The zero-order valence-corrected chi connectivity index (χ0v) is 10.6. The van der Waals surface area contributed by atoms with Gasteiger partial charge in [-0.1, -0.05) is 6.92 Å². The molecular formula is C12H22F2O2. The van der Waals surface area contributed by atoms with Crippen LogP contribution in [0.4, 0.5) is 8.78 Å². The zero-order valence-electron chi connectivity index (χ0n) is 10.6. The molecule has 16 heavy (non-hydrogen) atoms. The maximum atomic E-state index is 12.4. The molecule has 0 saturated heterocycles. The molecule has 0 aromatic carbocycles. The Morgan fingerprint density at radius 1 is 1.19 bits per heavy atom. The van der Waals surface area contributed by atoms with Crippen LogP contribution in [0.1, 0.15) is 53.4 Å². The van der Waals surface area contributed by atoms with Gasteiger partial charge < -0.3 is 4.74 Å². The topological polar surface area (TPSA) is 26.3 Å². The van der Waals surface area contributed by atoms with E-state index in [0.717, 1.165) is 6.92 Å². The van der Waals surface area contributed by atoms with E-state index in [1.165, 1.54) is 0 Å². The van der Waals surface area contributed by atoms with Gasteiger partial charge in [0.15, 0.2) is 0 Å². The molecule has 0 bridgehead atoms. The van der Waals surface area contributed by atoms with E-state index in [4.69, 9.17) is 4.74 Å². The smallest absolute Gasteiger partial charge is 0.311 e. The van der Waals surface area contributed by atoms with Crippen molar-refractivity contribution in [3.8, 4) is 0 Å². The van der Waals surface area contributed by atoms with Crippen LogP contribution < -0.4 is 0 Å². The van der Waals surface area contributed by atoms with E-state index < -0.39 is 11.3 Å². The number of unbranched alkanes of at least 4 members (excludes halogenated alkanes) is 1. The van der Waals surface area contributed by atoms with E-state index in [-0.39, 0.29) is 19.0 Å². The Kier molecular flexibility index (Phi) is 5.90. The first-order valence-electron chi connectivity index (χ1n) is 5.74. The minimum atomic E-state index is -2.62. The number of ether oxygens (including phenoxy) is 1. The van der Waals surface area contributed by atoms with E-state index in [2.05, 4.69) is 0 Å². The summed E-state index contributed by atoms with van der Waals surface area (Å²) in [5.74, 6) is -2.87.